The molecule has 0 spiro atoms. The van der Waals surface area contributed by atoms with Gasteiger partial charge in [0.15, 0.2) is 11.8 Å². The van der Waals surface area contributed by atoms with Gasteiger partial charge in [0, 0.05) is 12.6 Å². The van der Waals surface area contributed by atoms with E-state index >= 15 is 0 Å². The first-order valence-corrected chi connectivity index (χ1v) is 8.60. The molecule has 27 heavy (non-hydrogen) atoms. The Kier molecular flexibility index (Phi) is 5.16. The summed E-state index contributed by atoms with van der Waals surface area (Å²) in [5, 5.41) is 4.29. The zero-order valence-corrected chi connectivity index (χ0v) is 15.4. The Morgan fingerprint density at radius 3 is 2.59 bits per heavy atom. The molecule has 1 aromatic carbocycles. The molecule has 8 heteroatoms. The van der Waals surface area contributed by atoms with Gasteiger partial charge < -0.3 is 4.74 Å². The number of rotatable bonds is 6. The highest BCUT2D eigenvalue weighted by molar-refractivity contribution is 6.00. The van der Waals surface area contributed by atoms with Crippen molar-refractivity contribution in [3.8, 4) is 0 Å². The Morgan fingerprint density at radius 1 is 1.22 bits per heavy atom. The monoisotopic (exact) mass is 368 g/mol. The van der Waals surface area contributed by atoms with Gasteiger partial charge in [-0.2, -0.15) is 5.10 Å². The SMILES string of the molecule is CCc1ccc(C(=O)C(C)OC(=O)Cn2cnc3c(cnn3C)c2=O)cc1. The van der Waals surface area contributed by atoms with Gasteiger partial charge in [0.25, 0.3) is 5.56 Å². The fraction of sp³-hybridized carbons (Fsp3) is 0.316. The van der Waals surface area contributed by atoms with E-state index in [4.69, 9.17) is 4.74 Å². The van der Waals surface area contributed by atoms with Gasteiger partial charge >= 0.3 is 5.97 Å². The fourth-order valence-electron chi connectivity index (χ4n) is 2.75. The van der Waals surface area contributed by atoms with Crippen LogP contribution in [0, 0.1) is 0 Å². The van der Waals surface area contributed by atoms with Gasteiger partial charge in [-0.3, -0.25) is 23.6 Å². The number of esters is 1. The molecule has 3 rings (SSSR count). The van der Waals surface area contributed by atoms with Crippen LogP contribution in [0.4, 0.5) is 0 Å². The summed E-state index contributed by atoms with van der Waals surface area (Å²) in [7, 11) is 1.67. The van der Waals surface area contributed by atoms with Crippen LogP contribution in [0.5, 0.6) is 0 Å². The lowest BCUT2D eigenvalue weighted by Gasteiger charge is -2.13. The second kappa shape index (κ2) is 7.53. The van der Waals surface area contributed by atoms with Crippen molar-refractivity contribution in [1.29, 1.82) is 0 Å². The Balaban J connectivity index is 1.68. The van der Waals surface area contributed by atoms with Crippen LogP contribution in [-0.4, -0.2) is 37.2 Å². The molecule has 0 amide bonds. The third-order valence-electron chi connectivity index (χ3n) is 4.34. The summed E-state index contributed by atoms with van der Waals surface area (Å²) in [5.74, 6) is -0.979. The second-order valence-electron chi connectivity index (χ2n) is 6.23. The van der Waals surface area contributed by atoms with E-state index < -0.39 is 12.1 Å². The van der Waals surface area contributed by atoms with Crippen LogP contribution in [0.25, 0.3) is 11.0 Å². The van der Waals surface area contributed by atoms with Gasteiger partial charge in [-0.25, -0.2) is 4.98 Å². The van der Waals surface area contributed by atoms with E-state index in [-0.39, 0.29) is 17.9 Å². The number of aromatic nitrogens is 4. The quantitative estimate of drug-likeness (QED) is 0.483. The molecule has 1 atom stereocenters. The molecule has 0 aliphatic rings. The molecule has 0 bridgehead atoms. The summed E-state index contributed by atoms with van der Waals surface area (Å²) in [6, 6.07) is 7.18. The molecule has 2 heterocycles. The number of carbonyl (C=O) groups excluding carboxylic acids is 2. The summed E-state index contributed by atoms with van der Waals surface area (Å²) < 4.78 is 7.82. The van der Waals surface area contributed by atoms with Gasteiger partial charge in [-0.1, -0.05) is 31.2 Å². The molecule has 3 aromatic rings. The summed E-state index contributed by atoms with van der Waals surface area (Å²) >= 11 is 0. The predicted molar refractivity (Wildman–Crippen MR) is 98.5 cm³/mol. The lowest BCUT2D eigenvalue weighted by Crippen LogP contribution is -2.30. The first-order chi connectivity index (χ1) is 12.9. The molecular weight excluding hydrogens is 348 g/mol. The molecule has 140 valence electrons. The molecule has 0 aliphatic carbocycles. The maximum Gasteiger partial charge on any atom is 0.326 e. The Hall–Kier alpha value is -3.29. The maximum absolute atomic E-state index is 12.4. The maximum atomic E-state index is 12.4. The number of carbonyl (C=O) groups is 2. The predicted octanol–water partition coefficient (Wildman–Crippen LogP) is 1.51. The molecule has 8 nitrogen and oxygen atoms in total. The smallest absolute Gasteiger partial charge is 0.326 e. The van der Waals surface area contributed by atoms with E-state index in [1.54, 1.807) is 19.2 Å². The Bertz CT molecular complexity index is 1050. The topological polar surface area (TPSA) is 96.1 Å². The zero-order valence-electron chi connectivity index (χ0n) is 15.4. The van der Waals surface area contributed by atoms with Gasteiger partial charge in [0.2, 0.25) is 5.78 Å². The van der Waals surface area contributed by atoms with Crippen molar-refractivity contribution in [3.63, 3.8) is 0 Å². The fourth-order valence-corrected chi connectivity index (χ4v) is 2.75. The van der Waals surface area contributed by atoms with Gasteiger partial charge in [-0.15, -0.1) is 0 Å². The molecular formula is C19H20N4O4. The van der Waals surface area contributed by atoms with Crippen LogP contribution in [0.2, 0.25) is 0 Å². The number of fused-ring (bicyclic) bond motifs is 1. The van der Waals surface area contributed by atoms with Crippen LogP contribution < -0.4 is 5.56 Å². The average molecular weight is 368 g/mol. The minimum Gasteiger partial charge on any atom is -0.453 e. The standard InChI is InChI=1S/C19H20N4O4/c1-4-13-5-7-14(8-6-13)17(25)12(2)27-16(24)10-23-11-20-18-15(19(23)26)9-21-22(18)3/h5-9,11-12H,4,10H2,1-3H3. The van der Waals surface area contributed by atoms with Crippen LogP contribution in [0.1, 0.15) is 29.8 Å². The van der Waals surface area contributed by atoms with Crippen molar-refractivity contribution in [2.45, 2.75) is 32.9 Å². The van der Waals surface area contributed by atoms with Gasteiger partial charge in [0.1, 0.15) is 18.3 Å². The highest BCUT2D eigenvalue weighted by atomic mass is 16.5. The van der Waals surface area contributed by atoms with E-state index in [0.29, 0.717) is 16.6 Å². The highest BCUT2D eigenvalue weighted by Gasteiger charge is 2.20. The third-order valence-corrected chi connectivity index (χ3v) is 4.34. The minimum atomic E-state index is -0.948. The van der Waals surface area contributed by atoms with Crippen molar-refractivity contribution in [3.05, 3.63) is 58.3 Å². The van der Waals surface area contributed by atoms with Crippen LogP contribution >= 0.6 is 0 Å². The number of ketones is 1. The van der Waals surface area contributed by atoms with Crippen LogP contribution in [-0.2, 0) is 29.5 Å². The number of ether oxygens (including phenoxy) is 1. The normalized spacial score (nSPS) is 12.1. The van der Waals surface area contributed by atoms with E-state index in [9.17, 15) is 14.4 Å². The van der Waals surface area contributed by atoms with Crippen molar-refractivity contribution in [2.75, 3.05) is 0 Å². The largest absolute Gasteiger partial charge is 0.453 e. The van der Waals surface area contributed by atoms with Crippen molar-refractivity contribution in [1.82, 2.24) is 19.3 Å². The van der Waals surface area contributed by atoms with Crippen LogP contribution in [0.3, 0.4) is 0 Å². The molecule has 1 unspecified atom stereocenters. The Labute approximate surface area is 155 Å². The van der Waals surface area contributed by atoms with Gasteiger partial charge in [-0.05, 0) is 18.9 Å². The van der Waals surface area contributed by atoms with E-state index in [1.807, 2.05) is 19.1 Å². The lowest BCUT2D eigenvalue weighted by molar-refractivity contribution is -0.147. The molecule has 0 N–H and O–H groups in total. The van der Waals surface area contributed by atoms with Crippen molar-refractivity contribution < 1.29 is 14.3 Å². The second-order valence-corrected chi connectivity index (χ2v) is 6.23. The van der Waals surface area contributed by atoms with Gasteiger partial charge in [0.05, 0.1) is 6.20 Å². The molecule has 0 radical (unpaired) electrons. The first-order valence-electron chi connectivity index (χ1n) is 8.60. The van der Waals surface area contributed by atoms with E-state index in [0.717, 1.165) is 16.6 Å². The number of aryl methyl sites for hydroxylation is 2. The average Bonchev–Trinajstić information content (AvgIpc) is 3.05. The van der Waals surface area contributed by atoms with E-state index in [1.165, 1.54) is 24.1 Å². The third kappa shape index (κ3) is 3.79. The number of nitrogens with zero attached hydrogens (tertiary/aromatic N) is 4. The summed E-state index contributed by atoms with van der Waals surface area (Å²) in [6.45, 7) is 3.21. The number of hydrogen-bond donors (Lipinski definition) is 0. The number of hydrogen-bond acceptors (Lipinski definition) is 6. The van der Waals surface area contributed by atoms with Crippen molar-refractivity contribution >= 4 is 22.8 Å². The molecule has 0 saturated carbocycles. The number of benzene rings is 1. The molecule has 0 saturated heterocycles. The minimum absolute atomic E-state index is 0.292. The Morgan fingerprint density at radius 2 is 1.93 bits per heavy atom. The molecule has 2 aromatic heterocycles. The lowest BCUT2D eigenvalue weighted by atomic mass is 10.0. The summed E-state index contributed by atoms with van der Waals surface area (Å²) in [5.41, 5.74) is 1.64. The summed E-state index contributed by atoms with van der Waals surface area (Å²) in [6.07, 6.45) is 2.60. The zero-order chi connectivity index (χ0) is 19.6. The number of Topliss-reactive ketones (excluding diaryl/α,β-unsaturated/α-hetero) is 1. The van der Waals surface area contributed by atoms with E-state index in [2.05, 4.69) is 10.1 Å². The summed E-state index contributed by atoms with van der Waals surface area (Å²) in [4.78, 5) is 41.1. The first kappa shape index (κ1) is 18.5. The highest BCUT2D eigenvalue weighted by Crippen LogP contribution is 2.10. The molecule has 0 aliphatic heterocycles. The van der Waals surface area contributed by atoms with Crippen molar-refractivity contribution in [2.24, 2.45) is 7.05 Å². The van der Waals surface area contributed by atoms with Crippen LogP contribution in [0.15, 0.2) is 41.6 Å². The molecule has 0 fully saturated rings.